The summed E-state index contributed by atoms with van der Waals surface area (Å²) in [6.45, 7) is -0.552. The first-order chi connectivity index (χ1) is 18.9. The van der Waals surface area contributed by atoms with Crippen LogP contribution in [0.4, 0.5) is 39.0 Å². The highest BCUT2D eigenvalue weighted by Crippen LogP contribution is 2.44. The molecule has 1 amide bonds. The van der Waals surface area contributed by atoms with Crippen molar-refractivity contribution in [1.82, 2.24) is 4.40 Å². The molecule has 0 saturated carbocycles. The van der Waals surface area contributed by atoms with Gasteiger partial charge < -0.3 is 19.8 Å². The Morgan fingerprint density at radius 2 is 1.77 bits per heavy atom. The number of carbonyl (C=O) groups is 2. The van der Waals surface area contributed by atoms with Crippen LogP contribution in [0.15, 0.2) is 48.7 Å². The lowest BCUT2D eigenvalue weighted by Crippen LogP contribution is -2.30. The Bertz CT molecular complexity index is 1670. The number of nitro benzene ring substituents is 1. The number of halogens is 5. The van der Waals surface area contributed by atoms with Crippen molar-refractivity contribution in [1.29, 1.82) is 0 Å². The molecule has 0 radical (unpaired) electrons. The van der Waals surface area contributed by atoms with Crippen molar-refractivity contribution in [3.63, 3.8) is 0 Å². The Kier molecular flexibility index (Phi) is 7.55. The van der Waals surface area contributed by atoms with E-state index in [1.54, 1.807) is 0 Å². The first kappa shape index (κ1) is 28.2. The number of nitrogens with zero attached hydrogens (tertiary/aromatic N) is 3. The molecule has 0 saturated heterocycles. The van der Waals surface area contributed by atoms with Crippen molar-refractivity contribution in [2.24, 2.45) is 0 Å². The van der Waals surface area contributed by atoms with E-state index in [0.717, 1.165) is 23.6 Å². The van der Waals surface area contributed by atoms with Gasteiger partial charge in [0.05, 0.1) is 16.1 Å². The third-order valence-electron chi connectivity index (χ3n) is 6.21. The largest absolute Gasteiger partial charge is 0.394 e. The Morgan fingerprint density at radius 3 is 2.35 bits per heavy atom. The zero-order valence-electron chi connectivity index (χ0n) is 20.8. The standard InChI is InChI=1S/C26H19F5N4O5/c1-33(20(36)11-40-2)19-10-14(26(30)31)21(22(29)24(19)35(38)39)13-4-3-7-34-17(13)5-6-18(34)25(37)12-8-15(27)23(32)16(28)9-12/h3-10,26H,11,32H2,1-2H3. The van der Waals surface area contributed by atoms with E-state index in [0.29, 0.717) is 11.0 Å². The van der Waals surface area contributed by atoms with E-state index in [1.165, 1.54) is 37.6 Å². The van der Waals surface area contributed by atoms with Crippen LogP contribution >= 0.6 is 0 Å². The van der Waals surface area contributed by atoms with E-state index in [1.807, 2.05) is 0 Å². The number of nitrogens with two attached hydrogens (primary N) is 1. The summed E-state index contributed by atoms with van der Waals surface area (Å²) < 4.78 is 78.2. The van der Waals surface area contributed by atoms with Crippen LogP contribution in [0.1, 0.15) is 28.0 Å². The highest BCUT2D eigenvalue weighted by molar-refractivity contribution is 6.09. The molecule has 0 bridgehead atoms. The smallest absolute Gasteiger partial charge is 0.328 e. The molecule has 2 heterocycles. The summed E-state index contributed by atoms with van der Waals surface area (Å²) in [5, 5.41) is 11.9. The molecule has 208 valence electrons. The summed E-state index contributed by atoms with van der Waals surface area (Å²) in [5.74, 6) is -5.71. The lowest BCUT2D eigenvalue weighted by Gasteiger charge is -2.21. The monoisotopic (exact) mass is 562 g/mol. The molecular weight excluding hydrogens is 543 g/mol. The number of ketones is 1. The van der Waals surface area contributed by atoms with Crippen molar-refractivity contribution < 1.29 is 41.2 Å². The minimum atomic E-state index is -3.34. The number of benzene rings is 2. The molecule has 4 aromatic rings. The Morgan fingerprint density at radius 1 is 1.12 bits per heavy atom. The van der Waals surface area contributed by atoms with Gasteiger partial charge in [-0.05, 0) is 36.4 Å². The molecule has 2 N–H and O–H groups in total. The molecule has 2 aromatic heterocycles. The predicted octanol–water partition coefficient (Wildman–Crippen LogP) is 5.29. The summed E-state index contributed by atoms with van der Waals surface area (Å²) in [5.41, 5.74) is -0.105. The summed E-state index contributed by atoms with van der Waals surface area (Å²) in [6.07, 6.45) is -2.03. The number of aromatic nitrogens is 1. The number of hydrogen-bond donors (Lipinski definition) is 1. The van der Waals surface area contributed by atoms with Gasteiger partial charge in [-0.15, -0.1) is 0 Å². The summed E-state index contributed by atoms with van der Waals surface area (Å²) in [4.78, 5) is 36.7. The summed E-state index contributed by atoms with van der Waals surface area (Å²) in [7, 11) is 2.22. The van der Waals surface area contributed by atoms with Crippen molar-refractivity contribution >= 4 is 34.3 Å². The number of pyridine rings is 1. The van der Waals surface area contributed by atoms with Gasteiger partial charge in [0.2, 0.25) is 11.6 Å². The molecule has 0 unspecified atom stereocenters. The number of likely N-dealkylation sites (N-methyl/N-ethyl adjacent to an activating group) is 1. The first-order valence-corrected chi connectivity index (χ1v) is 11.3. The maximum absolute atomic E-state index is 15.9. The van der Waals surface area contributed by atoms with Crippen LogP contribution in [0.25, 0.3) is 16.6 Å². The van der Waals surface area contributed by atoms with E-state index in [4.69, 9.17) is 5.73 Å². The van der Waals surface area contributed by atoms with Crippen LogP contribution in [0.5, 0.6) is 0 Å². The van der Waals surface area contributed by atoms with Crippen LogP contribution < -0.4 is 10.6 Å². The fourth-order valence-electron chi connectivity index (χ4n) is 4.27. The molecule has 0 aliphatic carbocycles. The second-order valence-corrected chi connectivity index (χ2v) is 8.54. The lowest BCUT2D eigenvalue weighted by atomic mass is 9.96. The number of methoxy groups -OCH3 is 1. The molecule has 40 heavy (non-hydrogen) atoms. The number of amides is 1. The van der Waals surface area contributed by atoms with Crippen molar-refractivity contribution in [3.8, 4) is 11.1 Å². The fraction of sp³-hybridized carbons (Fsp3) is 0.154. The van der Waals surface area contributed by atoms with Crippen LogP contribution in [0.3, 0.4) is 0 Å². The number of alkyl halides is 2. The second-order valence-electron chi connectivity index (χ2n) is 8.54. The van der Waals surface area contributed by atoms with Gasteiger partial charge in [0.15, 0.2) is 0 Å². The van der Waals surface area contributed by atoms with Gasteiger partial charge in [-0.25, -0.2) is 17.6 Å². The molecule has 0 aliphatic heterocycles. The number of rotatable bonds is 8. The van der Waals surface area contributed by atoms with E-state index in [2.05, 4.69) is 4.74 Å². The average Bonchev–Trinajstić information content (AvgIpc) is 3.34. The highest BCUT2D eigenvalue weighted by Gasteiger charge is 2.34. The number of anilines is 2. The highest BCUT2D eigenvalue weighted by atomic mass is 19.3. The van der Waals surface area contributed by atoms with Gasteiger partial charge in [-0.2, -0.15) is 4.39 Å². The normalized spacial score (nSPS) is 11.3. The number of carbonyl (C=O) groups excluding carboxylic acids is 2. The average molecular weight is 562 g/mol. The maximum Gasteiger partial charge on any atom is 0.328 e. The number of nitro groups is 1. The van der Waals surface area contributed by atoms with Crippen molar-refractivity contribution in [2.45, 2.75) is 6.43 Å². The van der Waals surface area contributed by atoms with Crippen LogP contribution in [-0.2, 0) is 9.53 Å². The molecule has 0 fully saturated rings. The van der Waals surface area contributed by atoms with Gasteiger partial charge in [-0.3, -0.25) is 19.7 Å². The molecule has 4 rings (SSSR count). The molecule has 0 aliphatic rings. The topological polar surface area (TPSA) is 120 Å². The minimum absolute atomic E-state index is 0.0195. The minimum Gasteiger partial charge on any atom is -0.394 e. The van der Waals surface area contributed by atoms with Gasteiger partial charge >= 0.3 is 5.69 Å². The molecule has 0 atom stereocenters. The molecular formula is C26H19F5N4O5. The van der Waals surface area contributed by atoms with Crippen LogP contribution in [-0.4, -0.2) is 41.8 Å². The van der Waals surface area contributed by atoms with Crippen LogP contribution in [0.2, 0.25) is 0 Å². The second kappa shape index (κ2) is 10.7. The maximum atomic E-state index is 15.9. The summed E-state index contributed by atoms with van der Waals surface area (Å²) in [6, 6.07) is 7.05. The van der Waals surface area contributed by atoms with Gasteiger partial charge in [-0.1, -0.05) is 6.07 Å². The van der Waals surface area contributed by atoms with Gasteiger partial charge in [0, 0.05) is 42.6 Å². The zero-order valence-corrected chi connectivity index (χ0v) is 20.8. The van der Waals surface area contributed by atoms with E-state index < -0.39 is 80.9 Å². The SMILES string of the molecule is COCC(=O)N(C)c1cc(C(F)F)c(-c2cccn3c(C(=O)c4cc(F)c(N)c(F)c4)ccc23)c(F)c1[N+](=O)[O-]. The third-order valence-corrected chi connectivity index (χ3v) is 6.21. The first-order valence-electron chi connectivity index (χ1n) is 11.3. The number of nitrogen functional groups attached to an aromatic ring is 1. The Labute approximate surface area is 222 Å². The predicted molar refractivity (Wildman–Crippen MR) is 134 cm³/mol. The molecule has 2 aromatic carbocycles. The zero-order chi connectivity index (χ0) is 29.5. The molecule has 14 heteroatoms. The van der Waals surface area contributed by atoms with Gasteiger partial charge in [0.1, 0.15) is 29.6 Å². The third kappa shape index (κ3) is 4.73. The van der Waals surface area contributed by atoms with Crippen LogP contribution in [0, 0.1) is 27.6 Å². The van der Waals surface area contributed by atoms with E-state index in [-0.39, 0.29) is 16.8 Å². The molecule has 0 spiro atoms. The fourth-order valence-corrected chi connectivity index (χ4v) is 4.27. The Hall–Kier alpha value is -4.85. The van der Waals surface area contributed by atoms with Crippen molar-refractivity contribution in [2.75, 3.05) is 31.4 Å². The lowest BCUT2D eigenvalue weighted by molar-refractivity contribution is -0.386. The summed E-state index contributed by atoms with van der Waals surface area (Å²) >= 11 is 0. The quantitative estimate of drug-likeness (QED) is 0.102. The van der Waals surface area contributed by atoms with Crippen molar-refractivity contribution in [3.05, 3.63) is 93.0 Å². The van der Waals surface area contributed by atoms with Gasteiger partial charge in [0.25, 0.3) is 12.3 Å². The molecule has 9 nitrogen and oxygen atoms in total. The number of fused-ring (bicyclic) bond motifs is 1. The Balaban J connectivity index is 1.96. The number of ether oxygens (including phenoxy) is 1. The van der Waals surface area contributed by atoms with E-state index >= 15 is 4.39 Å². The van der Waals surface area contributed by atoms with E-state index in [9.17, 15) is 37.3 Å². The number of hydrogen-bond acceptors (Lipinski definition) is 6.